The molecule has 0 spiro atoms. The normalized spacial score (nSPS) is 22.0. The number of fused-ring (bicyclic) bond motifs is 1. The van der Waals surface area contributed by atoms with Gasteiger partial charge in [-0.2, -0.15) is 0 Å². The minimum Gasteiger partial charge on any atom is -0.481 e. The van der Waals surface area contributed by atoms with E-state index in [0.29, 0.717) is 35.5 Å². The Hall–Kier alpha value is -2.96. The molecule has 4 rings (SSSR count). The molecule has 1 aliphatic heterocycles. The van der Waals surface area contributed by atoms with Crippen LogP contribution in [0, 0.1) is 12.8 Å². The molecule has 7 nitrogen and oxygen atoms in total. The van der Waals surface area contributed by atoms with Crippen LogP contribution in [0.2, 0.25) is 0 Å². The molecular weight excluding hydrogens is 348 g/mol. The highest BCUT2D eigenvalue weighted by molar-refractivity contribution is 6.10. The molecule has 27 heavy (non-hydrogen) atoms. The number of aromatic nitrogens is 1. The predicted octanol–water partition coefficient (Wildman–Crippen LogP) is 2.44. The Bertz CT molecular complexity index is 918. The molecule has 2 aromatic heterocycles. The Morgan fingerprint density at radius 3 is 2.67 bits per heavy atom. The van der Waals surface area contributed by atoms with Gasteiger partial charge < -0.3 is 14.4 Å². The SMILES string of the molecule is Cc1oc2c(c1C(=O)N1C[C@@H](C(=O)O)[C@H](c3ccncc3)C1)C(=O)CCC2. The third-order valence-electron chi connectivity index (χ3n) is 5.52. The van der Waals surface area contributed by atoms with Crippen LogP contribution in [-0.4, -0.2) is 45.7 Å². The summed E-state index contributed by atoms with van der Waals surface area (Å²) in [5.74, 6) is -1.34. The van der Waals surface area contributed by atoms with Gasteiger partial charge in [0.05, 0.1) is 17.0 Å². The summed E-state index contributed by atoms with van der Waals surface area (Å²) in [7, 11) is 0. The van der Waals surface area contributed by atoms with E-state index in [1.807, 2.05) is 0 Å². The van der Waals surface area contributed by atoms with E-state index in [1.54, 1.807) is 31.5 Å². The van der Waals surface area contributed by atoms with Crippen molar-refractivity contribution in [2.24, 2.45) is 5.92 Å². The zero-order valence-corrected chi connectivity index (χ0v) is 15.0. The summed E-state index contributed by atoms with van der Waals surface area (Å²) in [6, 6.07) is 3.56. The second-order valence-electron chi connectivity index (χ2n) is 7.15. The van der Waals surface area contributed by atoms with Crippen molar-refractivity contribution in [2.45, 2.75) is 32.1 Å². The number of amides is 1. The number of rotatable bonds is 3. The van der Waals surface area contributed by atoms with Gasteiger partial charge in [-0.3, -0.25) is 19.4 Å². The quantitative estimate of drug-likeness (QED) is 0.893. The summed E-state index contributed by atoms with van der Waals surface area (Å²) in [5.41, 5.74) is 1.53. The predicted molar refractivity (Wildman–Crippen MR) is 94.7 cm³/mol. The standard InChI is InChI=1S/C20H20N2O5/c1-11-17(18-15(23)3-2-4-16(18)27-11)19(24)22-9-13(14(10-22)20(25)26)12-5-7-21-8-6-12/h5-8,13-14H,2-4,9-10H2,1H3,(H,25,26)/t13-,14+/m0/s1. The number of carbonyl (C=O) groups excluding carboxylic acids is 2. The number of nitrogens with zero attached hydrogens (tertiary/aromatic N) is 2. The van der Waals surface area contributed by atoms with Gasteiger partial charge in [0.1, 0.15) is 11.5 Å². The largest absolute Gasteiger partial charge is 0.481 e. The number of pyridine rings is 1. The van der Waals surface area contributed by atoms with Crippen molar-refractivity contribution in [1.82, 2.24) is 9.88 Å². The van der Waals surface area contributed by atoms with Gasteiger partial charge in [-0.05, 0) is 31.0 Å². The molecule has 0 aromatic carbocycles. The first kappa shape index (κ1) is 17.5. The minimum absolute atomic E-state index is 0.0730. The fourth-order valence-corrected chi connectivity index (χ4v) is 4.19. The fraction of sp³-hybridized carbons (Fsp3) is 0.400. The van der Waals surface area contributed by atoms with Crippen molar-refractivity contribution in [1.29, 1.82) is 0 Å². The zero-order valence-electron chi connectivity index (χ0n) is 15.0. The van der Waals surface area contributed by atoms with Gasteiger partial charge in [0.15, 0.2) is 5.78 Å². The van der Waals surface area contributed by atoms with E-state index in [-0.39, 0.29) is 30.7 Å². The van der Waals surface area contributed by atoms with Crippen LogP contribution in [-0.2, 0) is 11.2 Å². The summed E-state index contributed by atoms with van der Waals surface area (Å²) in [5, 5.41) is 9.64. The number of Topliss-reactive ketones (excluding diaryl/α,β-unsaturated/α-hetero) is 1. The maximum absolute atomic E-state index is 13.2. The second kappa shape index (κ2) is 6.64. The number of carboxylic acid groups (broad SMARTS) is 1. The van der Waals surface area contributed by atoms with Gasteiger partial charge in [0, 0.05) is 44.2 Å². The zero-order chi connectivity index (χ0) is 19.1. The summed E-state index contributed by atoms with van der Waals surface area (Å²) in [6.07, 6.45) is 5.01. The monoisotopic (exact) mass is 368 g/mol. The summed E-state index contributed by atoms with van der Waals surface area (Å²) in [4.78, 5) is 42.8. The van der Waals surface area contributed by atoms with Crippen LogP contribution in [0.5, 0.6) is 0 Å². The van der Waals surface area contributed by atoms with Crippen LogP contribution in [0.15, 0.2) is 28.9 Å². The van der Waals surface area contributed by atoms with Crippen LogP contribution < -0.4 is 0 Å². The molecule has 3 heterocycles. The first-order chi connectivity index (χ1) is 13.0. The summed E-state index contributed by atoms with van der Waals surface area (Å²) >= 11 is 0. The Morgan fingerprint density at radius 2 is 1.96 bits per heavy atom. The number of hydrogen-bond donors (Lipinski definition) is 1. The Labute approximate surface area is 156 Å². The highest BCUT2D eigenvalue weighted by atomic mass is 16.4. The first-order valence-corrected chi connectivity index (χ1v) is 9.04. The van der Waals surface area contributed by atoms with E-state index >= 15 is 0 Å². The molecule has 2 aromatic rings. The number of carboxylic acids is 1. The number of aliphatic carboxylic acids is 1. The van der Waals surface area contributed by atoms with Gasteiger partial charge in [-0.25, -0.2) is 0 Å². The van der Waals surface area contributed by atoms with Crippen LogP contribution >= 0.6 is 0 Å². The van der Waals surface area contributed by atoms with E-state index in [0.717, 1.165) is 12.0 Å². The third-order valence-corrected chi connectivity index (χ3v) is 5.52. The highest BCUT2D eigenvalue weighted by Gasteiger charge is 2.42. The van der Waals surface area contributed by atoms with Crippen molar-refractivity contribution in [3.63, 3.8) is 0 Å². The highest BCUT2D eigenvalue weighted by Crippen LogP contribution is 2.36. The average molecular weight is 368 g/mol. The van der Waals surface area contributed by atoms with Crippen LogP contribution in [0.4, 0.5) is 0 Å². The summed E-state index contributed by atoms with van der Waals surface area (Å²) in [6.45, 7) is 2.08. The van der Waals surface area contributed by atoms with Crippen LogP contribution in [0.3, 0.4) is 0 Å². The van der Waals surface area contributed by atoms with Crippen LogP contribution in [0.25, 0.3) is 0 Å². The number of aryl methyl sites for hydroxylation is 2. The Morgan fingerprint density at radius 1 is 1.22 bits per heavy atom. The second-order valence-corrected chi connectivity index (χ2v) is 7.15. The molecule has 1 fully saturated rings. The van der Waals surface area contributed by atoms with E-state index in [9.17, 15) is 19.5 Å². The molecule has 0 saturated carbocycles. The van der Waals surface area contributed by atoms with Gasteiger partial charge in [0.25, 0.3) is 5.91 Å². The van der Waals surface area contributed by atoms with Gasteiger partial charge in [0.2, 0.25) is 0 Å². The minimum atomic E-state index is -0.936. The average Bonchev–Trinajstić information content (AvgIpc) is 3.24. The maximum Gasteiger partial charge on any atom is 0.308 e. The van der Waals surface area contributed by atoms with E-state index in [2.05, 4.69) is 4.98 Å². The molecule has 0 unspecified atom stereocenters. The van der Waals surface area contributed by atoms with Crippen LogP contribution in [0.1, 0.15) is 56.6 Å². The molecule has 140 valence electrons. The van der Waals surface area contributed by atoms with Crippen molar-refractivity contribution >= 4 is 17.7 Å². The van der Waals surface area contributed by atoms with E-state index in [1.165, 1.54) is 4.90 Å². The van der Waals surface area contributed by atoms with Crippen molar-refractivity contribution in [3.8, 4) is 0 Å². The molecule has 0 bridgehead atoms. The first-order valence-electron chi connectivity index (χ1n) is 9.04. The molecule has 0 radical (unpaired) electrons. The lowest BCUT2D eigenvalue weighted by atomic mass is 9.90. The maximum atomic E-state index is 13.2. The lowest BCUT2D eigenvalue weighted by Gasteiger charge is -2.18. The van der Waals surface area contributed by atoms with Crippen molar-refractivity contribution < 1.29 is 23.9 Å². The number of likely N-dealkylation sites (tertiary alicyclic amines) is 1. The molecule has 7 heteroatoms. The number of carbonyl (C=O) groups is 3. The molecule has 2 atom stereocenters. The molecule has 1 N–H and O–H groups in total. The van der Waals surface area contributed by atoms with E-state index in [4.69, 9.17) is 4.42 Å². The lowest BCUT2D eigenvalue weighted by molar-refractivity contribution is -0.141. The topological polar surface area (TPSA) is 101 Å². The smallest absolute Gasteiger partial charge is 0.308 e. The fourth-order valence-electron chi connectivity index (χ4n) is 4.19. The third kappa shape index (κ3) is 2.93. The van der Waals surface area contributed by atoms with Gasteiger partial charge in [-0.1, -0.05) is 0 Å². The van der Waals surface area contributed by atoms with Crippen molar-refractivity contribution in [2.75, 3.05) is 13.1 Å². The lowest BCUT2D eigenvalue weighted by Crippen LogP contribution is -2.31. The molecular formula is C20H20N2O5. The number of hydrogen-bond acceptors (Lipinski definition) is 5. The molecule has 1 aliphatic carbocycles. The Kier molecular flexibility index (Phi) is 4.30. The van der Waals surface area contributed by atoms with Gasteiger partial charge in [-0.15, -0.1) is 0 Å². The number of furan rings is 1. The summed E-state index contributed by atoms with van der Waals surface area (Å²) < 4.78 is 5.68. The van der Waals surface area contributed by atoms with Gasteiger partial charge >= 0.3 is 5.97 Å². The molecule has 2 aliphatic rings. The molecule has 1 amide bonds. The van der Waals surface area contributed by atoms with E-state index < -0.39 is 11.9 Å². The van der Waals surface area contributed by atoms with Crippen molar-refractivity contribution in [3.05, 3.63) is 52.7 Å². The number of ketones is 1. The Balaban J connectivity index is 1.67. The molecule has 1 saturated heterocycles.